The van der Waals surface area contributed by atoms with Gasteiger partial charge in [0.1, 0.15) is 6.33 Å². The summed E-state index contributed by atoms with van der Waals surface area (Å²) < 4.78 is 1.74. The van der Waals surface area contributed by atoms with Gasteiger partial charge in [0.05, 0.1) is 0 Å². The molecule has 2 atom stereocenters. The van der Waals surface area contributed by atoms with E-state index in [0.717, 1.165) is 29.8 Å². The Morgan fingerprint density at radius 1 is 1.30 bits per heavy atom. The summed E-state index contributed by atoms with van der Waals surface area (Å²) in [4.78, 5) is 21.3. The molecule has 148 valence electrons. The molecule has 2 unspecified atom stereocenters. The largest absolute Gasteiger partial charge is 0.353 e. The van der Waals surface area contributed by atoms with Crippen molar-refractivity contribution in [3.05, 3.63) is 23.3 Å². The summed E-state index contributed by atoms with van der Waals surface area (Å²) in [6.45, 7) is 3.98. The molecule has 7 nitrogen and oxygen atoms in total. The maximum absolute atomic E-state index is 12.6. The van der Waals surface area contributed by atoms with Crippen LogP contribution >= 0.6 is 12.4 Å². The number of carbonyl (C=O) groups excluding carboxylic acids is 1. The van der Waals surface area contributed by atoms with Crippen molar-refractivity contribution in [3.63, 3.8) is 0 Å². The number of halogens is 1. The predicted octanol–water partition coefficient (Wildman–Crippen LogP) is 2.12. The number of aromatic nitrogens is 4. The minimum absolute atomic E-state index is 0. The summed E-state index contributed by atoms with van der Waals surface area (Å²) in [7, 11) is 0. The summed E-state index contributed by atoms with van der Waals surface area (Å²) in [5.74, 6) is 1.86. The van der Waals surface area contributed by atoms with E-state index in [1.807, 2.05) is 13.8 Å². The highest BCUT2D eigenvalue weighted by atomic mass is 35.5. The molecule has 2 fully saturated rings. The van der Waals surface area contributed by atoms with E-state index in [9.17, 15) is 4.79 Å². The molecule has 2 aliphatic carbocycles. The summed E-state index contributed by atoms with van der Waals surface area (Å²) in [5, 5.41) is 7.55. The molecule has 2 aromatic heterocycles. The van der Waals surface area contributed by atoms with Gasteiger partial charge in [0.25, 0.3) is 5.78 Å². The van der Waals surface area contributed by atoms with Crippen LogP contribution in [0.2, 0.25) is 0 Å². The molecular weight excluding hydrogens is 364 g/mol. The van der Waals surface area contributed by atoms with E-state index < -0.39 is 0 Å². The Kier molecular flexibility index (Phi) is 6.01. The summed E-state index contributed by atoms with van der Waals surface area (Å²) in [6, 6.07) is 0.624. The number of fused-ring (bicyclic) bond motifs is 3. The first kappa shape index (κ1) is 20.0. The van der Waals surface area contributed by atoms with Crippen LogP contribution in [0.4, 0.5) is 0 Å². The van der Waals surface area contributed by atoms with Gasteiger partial charge in [-0.15, -0.1) is 12.4 Å². The smallest absolute Gasteiger partial charge is 0.252 e. The molecule has 4 rings (SSSR count). The molecule has 2 aromatic rings. The Hall–Kier alpha value is -1.73. The van der Waals surface area contributed by atoms with E-state index >= 15 is 0 Å². The Morgan fingerprint density at radius 3 is 2.70 bits per heavy atom. The Morgan fingerprint density at radius 2 is 2.00 bits per heavy atom. The maximum Gasteiger partial charge on any atom is 0.252 e. The lowest BCUT2D eigenvalue weighted by molar-refractivity contribution is -0.123. The summed E-state index contributed by atoms with van der Waals surface area (Å²) >= 11 is 0. The quantitative estimate of drug-likeness (QED) is 0.830. The van der Waals surface area contributed by atoms with Gasteiger partial charge in [0.2, 0.25) is 5.91 Å². The van der Waals surface area contributed by atoms with Gasteiger partial charge >= 0.3 is 0 Å². The average molecular weight is 393 g/mol. The van der Waals surface area contributed by atoms with Crippen LogP contribution in [0.25, 0.3) is 5.78 Å². The topological polar surface area (TPSA) is 98.2 Å². The maximum atomic E-state index is 12.6. The van der Waals surface area contributed by atoms with Crippen LogP contribution in [0.15, 0.2) is 6.33 Å². The van der Waals surface area contributed by atoms with Crippen molar-refractivity contribution in [1.82, 2.24) is 24.9 Å². The van der Waals surface area contributed by atoms with Crippen LogP contribution in [-0.4, -0.2) is 37.6 Å². The van der Waals surface area contributed by atoms with Gasteiger partial charge in [-0.25, -0.2) is 9.50 Å². The monoisotopic (exact) mass is 392 g/mol. The minimum Gasteiger partial charge on any atom is -0.353 e. The molecule has 8 heteroatoms. The second kappa shape index (κ2) is 8.10. The highest BCUT2D eigenvalue weighted by Crippen LogP contribution is 2.39. The van der Waals surface area contributed by atoms with Crippen molar-refractivity contribution in [2.45, 2.75) is 70.9 Å². The first-order chi connectivity index (χ1) is 12.5. The van der Waals surface area contributed by atoms with Crippen LogP contribution in [0.3, 0.4) is 0 Å². The standard InChI is InChI=1S/C19H28N6O.ClH/c1-11-16(12(2)25-19(23-11)21-10-22-25)6-7-17(26)24-18-13-4-3-5-14(18)9-15(20)8-13;/h10,13-15,18H,3-9,20H2,1-2H3,(H,24,26);1H. The molecule has 2 aliphatic rings. The minimum atomic E-state index is 0. The zero-order chi connectivity index (χ0) is 18.3. The lowest BCUT2D eigenvalue weighted by Crippen LogP contribution is -2.53. The van der Waals surface area contributed by atoms with Gasteiger partial charge in [-0.05, 0) is 63.4 Å². The fraction of sp³-hybridized carbons (Fsp3) is 0.684. The van der Waals surface area contributed by atoms with Crippen molar-refractivity contribution in [3.8, 4) is 0 Å². The van der Waals surface area contributed by atoms with Crippen LogP contribution in [0, 0.1) is 25.7 Å². The lowest BCUT2D eigenvalue weighted by atomic mass is 9.67. The average Bonchev–Trinajstić information content (AvgIpc) is 3.04. The van der Waals surface area contributed by atoms with E-state index in [1.165, 1.54) is 25.6 Å². The van der Waals surface area contributed by atoms with Gasteiger partial charge in [-0.1, -0.05) is 6.42 Å². The van der Waals surface area contributed by atoms with Crippen molar-refractivity contribution < 1.29 is 4.79 Å². The second-order valence-corrected chi connectivity index (χ2v) is 8.01. The number of nitrogens with one attached hydrogen (secondary N) is 1. The van der Waals surface area contributed by atoms with E-state index in [1.54, 1.807) is 4.52 Å². The first-order valence-corrected chi connectivity index (χ1v) is 9.73. The fourth-order valence-corrected chi connectivity index (χ4v) is 5.04. The number of nitrogens with two attached hydrogens (primary N) is 1. The number of amides is 1. The molecule has 1 amide bonds. The van der Waals surface area contributed by atoms with Gasteiger partial charge in [-0.2, -0.15) is 10.1 Å². The van der Waals surface area contributed by atoms with Gasteiger partial charge in [0.15, 0.2) is 0 Å². The molecule has 2 bridgehead atoms. The van der Waals surface area contributed by atoms with Crippen molar-refractivity contribution in [2.24, 2.45) is 17.6 Å². The fourth-order valence-electron chi connectivity index (χ4n) is 5.04. The Labute approximate surface area is 165 Å². The number of nitrogens with zero attached hydrogens (tertiary/aromatic N) is 4. The van der Waals surface area contributed by atoms with Gasteiger partial charge in [-0.3, -0.25) is 4.79 Å². The van der Waals surface area contributed by atoms with Crippen molar-refractivity contribution >= 4 is 24.1 Å². The molecular formula is C19H29ClN6O. The zero-order valence-electron chi connectivity index (χ0n) is 16.0. The second-order valence-electron chi connectivity index (χ2n) is 8.01. The highest BCUT2D eigenvalue weighted by molar-refractivity contribution is 5.85. The Bertz CT molecular complexity index is 808. The highest BCUT2D eigenvalue weighted by Gasteiger charge is 2.39. The third-order valence-electron chi connectivity index (χ3n) is 6.29. The van der Waals surface area contributed by atoms with Crippen molar-refractivity contribution in [2.75, 3.05) is 0 Å². The Balaban J connectivity index is 0.00000210. The SMILES string of the molecule is Cc1nc2ncnn2c(C)c1CCC(=O)NC1C2CCCC1CC(N)C2.Cl. The van der Waals surface area contributed by atoms with E-state index in [-0.39, 0.29) is 18.3 Å². The van der Waals surface area contributed by atoms with Crippen LogP contribution in [0.5, 0.6) is 0 Å². The third-order valence-corrected chi connectivity index (χ3v) is 6.29. The molecule has 0 aliphatic heterocycles. The van der Waals surface area contributed by atoms with Gasteiger partial charge < -0.3 is 11.1 Å². The number of rotatable bonds is 4. The van der Waals surface area contributed by atoms with Crippen LogP contribution in [0.1, 0.15) is 55.5 Å². The van der Waals surface area contributed by atoms with Crippen LogP contribution in [-0.2, 0) is 11.2 Å². The summed E-state index contributed by atoms with van der Waals surface area (Å²) in [6.07, 6.45) is 8.42. The molecule has 2 heterocycles. The first-order valence-electron chi connectivity index (χ1n) is 9.73. The molecule has 0 saturated heterocycles. The van der Waals surface area contributed by atoms with E-state index in [4.69, 9.17) is 5.73 Å². The van der Waals surface area contributed by atoms with Crippen LogP contribution < -0.4 is 11.1 Å². The molecule has 0 radical (unpaired) electrons. The third kappa shape index (κ3) is 3.94. The number of aryl methyl sites for hydroxylation is 2. The number of hydrogen-bond acceptors (Lipinski definition) is 5. The number of hydrogen-bond donors (Lipinski definition) is 2. The molecule has 3 N–H and O–H groups in total. The normalized spacial score (nSPS) is 27.2. The van der Waals surface area contributed by atoms with Crippen molar-refractivity contribution in [1.29, 1.82) is 0 Å². The van der Waals surface area contributed by atoms with Gasteiger partial charge in [0, 0.05) is 29.9 Å². The summed E-state index contributed by atoms with van der Waals surface area (Å²) in [5.41, 5.74) is 9.22. The number of carbonyl (C=O) groups is 1. The van der Waals surface area contributed by atoms with E-state index in [2.05, 4.69) is 20.4 Å². The predicted molar refractivity (Wildman–Crippen MR) is 106 cm³/mol. The lowest BCUT2D eigenvalue weighted by Gasteiger charge is -2.45. The molecule has 27 heavy (non-hydrogen) atoms. The zero-order valence-corrected chi connectivity index (χ0v) is 16.8. The van der Waals surface area contributed by atoms with E-state index in [0.29, 0.717) is 42.5 Å². The molecule has 0 aromatic carbocycles. The molecule has 0 spiro atoms. The molecule has 2 saturated carbocycles.